The van der Waals surface area contributed by atoms with Gasteiger partial charge in [-0.15, -0.1) is 0 Å². The van der Waals surface area contributed by atoms with E-state index in [1.165, 1.54) is 0 Å². The van der Waals surface area contributed by atoms with Crippen LogP contribution in [0.2, 0.25) is 0 Å². The molecule has 0 heterocycles. The second-order valence-electron chi connectivity index (χ2n) is 14.7. The van der Waals surface area contributed by atoms with Crippen molar-refractivity contribution < 1.29 is 38.0 Å². The van der Waals surface area contributed by atoms with Gasteiger partial charge in [0.15, 0.2) is 23.0 Å². The number of hydrogen-bond donors (Lipinski definition) is 4. The highest BCUT2D eigenvalue weighted by molar-refractivity contribution is 5.96. The molecule has 0 spiro atoms. The first-order chi connectivity index (χ1) is 28.4. The molecular formula is C46H78N4O8. The first-order valence-electron chi connectivity index (χ1n) is 22.6. The summed E-state index contributed by atoms with van der Waals surface area (Å²) in [7, 11) is 0. The fraction of sp³-hybridized carbons (Fsp3) is 0.696. The normalized spacial score (nSPS) is 10.9. The summed E-state index contributed by atoms with van der Waals surface area (Å²) in [6.45, 7) is 16.7. The smallest absolute Gasteiger partial charge is 0.265 e. The summed E-state index contributed by atoms with van der Waals surface area (Å²) in [4.78, 5) is 26.8. The Morgan fingerprint density at radius 1 is 0.379 bits per heavy atom. The van der Waals surface area contributed by atoms with Crippen molar-refractivity contribution >= 4 is 11.8 Å². The molecule has 2 rings (SSSR count). The third-order valence-electron chi connectivity index (χ3n) is 9.36. The van der Waals surface area contributed by atoms with Gasteiger partial charge in [0.1, 0.15) is 0 Å². The van der Waals surface area contributed by atoms with Crippen LogP contribution in [-0.2, 0) is 0 Å². The first kappa shape index (κ1) is 50.2. The summed E-state index contributed by atoms with van der Waals surface area (Å²) in [6.07, 6.45) is 18.3. The maximum absolute atomic E-state index is 13.4. The quantitative estimate of drug-likeness (QED) is 0.0385. The van der Waals surface area contributed by atoms with Crippen LogP contribution in [0.25, 0.3) is 0 Å². The van der Waals surface area contributed by atoms with Crippen molar-refractivity contribution in [1.29, 1.82) is 0 Å². The topological polar surface area (TPSA) is 138 Å². The van der Waals surface area contributed by atoms with E-state index in [9.17, 15) is 9.59 Å². The van der Waals surface area contributed by atoms with Crippen molar-refractivity contribution in [3.8, 4) is 34.5 Å². The van der Waals surface area contributed by atoms with Crippen molar-refractivity contribution in [1.82, 2.24) is 21.7 Å². The van der Waals surface area contributed by atoms with E-state index >= 15 is 0 Å². The van der Waals surface area contributed by atoms with Gasteiger partial charge < -0.3 is 28.4 Å². The Morgan fingerprint density at radius 3 is 0.862 bits per heavy atom. The van der Waals surface area contributed by atoms with Crippen LogP contribution in [0, 0.1) is 0 Å². The highest BCUT2D eigenvalue weighted by Crippen LogP contribution is 2.41. The lowest BCUT2D eigenvalue weighted by Gasteiger charge is -2.19. The Kier molecular flexibility index (Phi) is 28.6. The molecule has 330 valence electrons. The monoisotopic (exact) mass is 815 g/mol. The van der Waals surface area contributed by atoms with Crippen LogP contribution >= 0.6 is 0 Å². The van der Waals surface area contributed by atoms with Crippen LogP contribution < -0.4 is 50.1 Å². The van der Waals surface area contributed by atoms with Gasteiger partial charge in [0, 0.05) is 24.2 Å². The predicted molar refractivity (Wildman–Crippen MR) is 234 cm³/mol. The summed E-state index contributed by atoms with van der Waals surface area (Å²) in [5, 5.41) is 0. The molecule has 12 heteroatoms. The average molecular weight is 815 g/mol. The van der Waals surface area contributed by atoms with E-state index in [4.69, 9.17) is 28.4 Å². The zero-order valence-corrected chi connectivity index (χ0v) is 37.0. The second kappa shape index (κ2) is 33.0. The van der Waals surface area contributed by atoms with E-state index in [2.05, 4.69) is 63.2 Å². The molecule has 0 bridgehead atoms. The summed E-state index contributed by atoms with van der Waals surface area (Å²) < 4.78 is 37.3. The van der Waals surface area contributed by atoms with Crippen LogP contribution in [0.5, 0.6) is 34.5 Å². The SMILES string of the molecule is CCCCCOc1cc(C(=O)NNCCNNC(=O)c2cc(OCCCCC)c(OCCCCC)c(OCCCCC)c2)cc(OCCCCC)c1OCCCCC. The lowest BCUT2D eigenvalue weighted by atomic mass is 10.1. The molecule has 0 atom stereocenters. The first-order valence-corrected chi connectivity index (χ1v) is 22.6. The van der Waals surface area contributed by atoms with Gasteiger partial charge in [-0.3, -0.25) is 20.4 Å². The molecule has 12 nitrogen and oxygen atoms in total. The number of hydrazine groups is 2. The molecule has 0 radical (unpaired) electrons. The van der Waals surface area contributed by atoms with Crippen LogP contribution in [0.3, 0.4) is 0 Å². The van der Waals surface area contributed by atoms with Crippen molar-refractivity contribution in [3.63, 3.8) is 0 Å². The fourth-order valence-corrected chi connectivity index (χ4v) is 5.87. The van der Waals surface area contributed by atoms with Gasteiger partial charge in [-0.1, -0.05) is 119 Å². The molecule has 2 aromatic carbocycles. The third kappa shape index (κ3) is 20.7. The van der Waals surface area contributed by atoms with E-state index in [1.54, 1.807) is 24.3 Å². The minimum Gasteiger partial charge on any atom is -0.490 e. The molecule has 4 N–H and O–H groups in total. The number of hydrogen-bond acceptors (Lipinski definition) is 10. The van der Waals surface area contributed by atoms with Gasteiger partial charge in [0.2, 0.25) is 11.5 Å². The fourth-order valence-electron chi connectivity index (χ4n) is 5.87. The molecule has 0 fully saturated rings. The summed E-state index contributed by atoms with van der Waals surface area (Å²) in [6, 6.07) is 6.89. The molecule has 0 aliphatic carbocycles. The van der Waals surface area contributed by atoms with Crippen LogP contribution in [0.4, 0.5) is 0 Å². The number of carbonyl (C=O) groups excluding carboxylic acids is 2. The molecular weight excluding hydrogens is 737 g/mol. The molecule has 0 unspecified atom stereocenters. The summed E-state index contributed by atoms with van der Waals surface area (Å²) in [5.41, 5.74) is 12.2. The van der Waals surface area contributed by atoms with E-state index in [-0.39, 0.29) is 11.8 Å². The largest absolute Gasteiger partial charge is 0.490 e. The van der Waals surface area contributed by atoms with Gasteiger partial charge in [-0.25, -0.2) is 10.9 Å². The van der Waals surface area contributed by atoms with Crippen LogP contribution in [0.1, 0.15) is 178 Å². The second-order valence-corrected chi connectivity index (χ2v) is 14.7. The average Bonchev–Trinajstić information content (AvgIpc) is 3.23. The van der Waals surface area contributed by atoms with Gasteiger partial charge in [0.25, 0.3) is 11.8 Å². The van der Waals surface area contributed by atoms with Crippen molar-refractivity contribution in [2.75, 3.05) is 52.7 Å². The summed E-state index contributed by atoms with van der Waals surface area (Å²) in [5.74, 6) is 2.46. The van der Waals surface area contributed by atoms with E-state index < -0.39 is 0 Å². The molecule has 0 saturated heterocycles. The lowest BCUT2D eigenvalue weighted by Crippen LogP contribution is -2.45. The standard InChI is InChI=1S/C46H78N4O8/c1-7-13-19-27-53-39-33-37(34-40(54-28-20-14-8-2)43(39)57-31-23-17-11-5)45(51)49-47-25-26-48-50-46(52)38-35-41(55-29-21-15-9-3)44(58-32-24-18-12-6)42(36-38)56-30-22-16-10-4/h33-36,47-48H,7-32H2,1-6H3,(H,49,51)(H,50,52). The Hall–Kier alpha value is -3.90. The number of carbonyl (C=O) groups is 2. The summed E-state index contributed by atoms with van der Waals surface area (Å²) >= 11 is 0. The van der Waals surface area contributed by atoms with E-state index in [0.29, 0.717) is 98.4 Å². The molecule has 0 aliphatic rings. The molecule has 2 aromatic rings. The Labute approximate surface area is 350 Å². The molecule has 0 saturated carbocycles. The number of unbranched alkanes of at least 4 members (excludes halogenated alkanes) is 12. The zero-order chi connectivity index (χ0) is 42.1. The highest BCUT2D eigenvalue weighted by atomic mass is 16.5. The van der Waals surface area contributed by atoms with Crippen LogP contribution in [-0.4, -0.2) is 64.5 Å². The van der Waals surface area contributed by atoms with Gasteiger partial charge >= 0.3 is 0 Å². The molecule has 0 aromatic heterocycles. The minimum atomic E-state index is -0.340. The Balaban J connectivity index is 2.11. The van der Waals surface area contributed by atoms with E-state index in [1.807, 2.05) is 0 Å². The number of rotatable bonds is 37. The molecule has 0 aliphatic heterocycles. The number of nitrogens with one attached hydrogen (secondary N) is 4. The van der Waals surface area contributed by atoms with Crippen molar-refractivity contribution in [2.24, 2.45) is 0 Å². The predicted octanol–water partition coefficient (Wildman–Crippen LogP) is 10.3. The zero-order valence-electron chi connectivity index (χ0n) is 37.0. The van der Waals surface area contributed by atoms with Crippen molar-refractivity contribution in [3.05, 3.63) is 35.4 Å². The minimum absolute atomic E-state index is 0.327. The van der Waals surface area contributed by atoms with Gasteiger partial charge in [-0.2, -0.15) is 0 Å². The van der Waals surface area contributed by atoms with Crippen molar-refractivity contribution in [2.45, 2.75) is 157 Å². The van der Waals surface area contributed by atoms with Gasteiger partial charge in [-0.05, 0) is 62.8 Å². The van der Waals surface area contributed by atoms with E-state index in [0.717, 1.165) is 116 Å². The molecule has 2 amide bonds. The Bertz CT molecular complexity index is 1220. The Morgan fingerprint density at radius 2 is 0.621 bits per heavy atom. The number of benzene rings is 2. The number of ether oxygens (including phenoxy) is 6. The maximum Gasteiger partial charge on any atom is 0.265 e. The molecule has 58 heavy (non-hydrogen) atoms. The van der Waals surface area contributed by atoms with Crippen LogP contribution in [0.15, 0.2) is 24.3 Å². The number of amides is 2. The lowest BCUT2D eigenvalue weighted by molar-refractivity contribution is 0.0915. The maximum atomic E-state index is 13.4. The third-order valence-corrected chi connectivity index (χ3v) is 9.36. The highest BCUT2D eigenvalue weighted by Gasteiger charge is 2.21. The van der Waals surface area contributed by atoms with Gasteiger partial charge in [0.05, 0.1) is 39.6 Å².